The minimum absolute atomic E-state index is 0.0104. The molecule has 0 saturated carbocycles. The Labute approximate surface area is 265 Å². The van der Waals surface area contributed by atoms with Crippen molar-refractivity contribution >= 4 is 45.0 Å². The Kier molecular flexibility index (Phi) is 10.3. The molecule has 45 heavy (non-hydrogen) atoms. The normalized spacial score (nSPS) is 20.3. The van der Waals surface area contributed by atoms with Crippen molar-refractivity contribution in [2.75, 3.05) is 31.2 Å². The zero-order valence-electron chi connectivity index (χ0n) is 24.1. The van der Waals surface area contributed by atoms with Gasteiger partial charge in [0.15, 0.2) is 12.2 Å². The molecule has 1 saturated heterocycles. The van der Waals surface area contributed by atoms with Crippen LogP contribution in [-0.4, -0.2) is 88.2 Å². The van der Waals surface area contributed by atoms with Crippen molar-refractivity contribution in [2.45, 2.75) is 38.1 Å². The largest absolute Gasteiger partial charge is 0.442 e. The Hall–Kier alpha value is -4.47. The molecule has 0 aliphatic carbocycles. The maximum Gasteiger partial charge on any atom is 0.414 e. The van der Waals surface area contributed by atoms with E-state index in [4.69, 9.17) is 24.6 Å². The molecular weight excluding hydrogens is 655 g/mol. The topological polar surface area (TPSA) is 168 Å². The number of aliphatic hydroxyl groups excluding tert-OH is 2. The van der Waals surface area contributed by atoms with Crippen LogP contribution in [-0.2, 0) is 19.2 Å². The molecule has 0 spiro atoms. The maximum absolute atomic E-state index is 14.8. The fourth-order valence-electron chi connectivity index (χ4n) is 4.63. The smallest absolute Gasteiger partial charge is 0.414 e. The van der Waals surface area contributed by atoms with Gasteiger partial charge in [-0.3, -0.25) is 19.7 Å². The van der Waals surface area contributed by atoms with E-state index in [2.05, 4.69) is 41.5 Å². The summed E-state index contributed by atoms with van der Waals surface area (Å²) in [5, 5.41) is 28.4. The SMILES string of the molecule is CC(=O)NC[C@H]1CN(c2ccc(-c3ccc(C4=NO[C@H](CO)C4)nc3)c(F)c2)C(=O)O1.OC[C@@H]1CC(c2ccc(Br)cn2)=NO1. The third-order valence-corrected chi connectivity index (χ3v) is 7.45. The Balaban J connectivity index is 0.000000238. The number of halogens is 2. The maximum atomic E-state index is 14.8. The highest BCUT2D eigenvalue weighted by Crippen LogP contribution is 2.29. The van der Waals surface area contributed by atoms with Crippen molar-refractivity contribution in [1.29, 1.82) is 0 Å². The number of aromatic nitrogens is 2. The van der Waals surface area contributed by atoms with Crippen LogP contribution in [0, 0.1) is 5.82 Å². The Morgan fingerprint density at radius 2 is 1.62 bits per heavy atom. The first kappa shape index (κ1) is 31.9. The summed E-state index contributed by atoms with van der Waals surface area (Å²) in [7, 11) is 0. The van der Waals surface area contributed by atoms with E-state index in [-0.39, 0.29) is 44.4 Å². The lowest BCUT2D eigenvalue weighted by molar-refractivity contribution is -0.119. The van der Waals surface area contributed by atoms with Gasteiger partial charge in [0.1, 0.15) is 23.3 Å². The second kappa shape index (κ2) is 14.5. The van der Waals surface area contributed by atoms with E-state index in [0.29, 0.717) is 41.1 Å². The van der Waals surface area contributed by atoms with E-state index in [1.165, 1.54) is 24.1 Å². The van der Waals surface area contributed by atoms with Crippen LogP contribution in [0.2, 0.25) is 0 Å². The number of amides is 2. The number of oxime groups is 2. The zero-order chi connectivity index (χ0) is 31.9. The highest BCUT2D eigenvalue weighted by Gasteiger charge is 2.33. The number of nitrogens with one attached hydrogen (secondary N) is 1. The number of anilines is 1. The molecule has 3 aliphatic heterocycles. The number of hydrogen-bond donors (Lipinski definition) is 3. The average Bonchev–Trinajstić information content (AvgIpc) is 3.81. The van der Waals surface area contributed by atoms with Gasteiger partial charge in [0.25, 0.3) is 0 Å². The summed E-state index contributed by atoms with van der Waals surface area (Å²) in [6, 6.07) is 11.7. The van der Waals surface area contributed by atoms with Crippen molar-refractivity contribution < 1.29 is 38.6 Å². The van der Waals surface area contributed by atoms with Gasteiger partial charge in [0, 0.05) is 47.8 Å². The fraction of sp³-hybridized carbons (Fsp3) is 0.333. The van der Waals surface area contributed by atoms with Crippen LogP contribution in [0.25, 0.3) is 11.1 Å². The average molecular weight is 686 g/mol. The van der Waals surface area contributed by atoms with Gasteiger partial charge >= 0.3 is 6.09 Å². The van der Waals surface area contributed by atoms with E-state index in [1.54, 1.807) is 30.5 Å². The molecule has 2 aromatic heterocycles. The van der Waals surface area contributed by atoms with E-state index in [9.17, 15) is 14.0 Å². The number of aliphatic hydroxyl groups is 2. The standard InChI is InChI=1S/C21H21FN4O5.C9H9BrN2O2/c1-12(28)23-9-16-10-26(21(29)30-16)14-3-4-17(18(22)6-14)13-2-5-19(24-8-13)20-7-15(11-27)31-25-20;10-6-1-2-8(11-4-6)9-3-7(5-13)14-12-9/h2-6,8,15-16,27H,7,9-11H2,1H3,(H,23,28);1-2,4,7,13H,3,5H2/t15-,16-;7-/m00/s1. The van der Waals surface area contributed by atoms with Crippen LogP contribution in [0.3, 0.4) is 0 Å². The number of carbonyl (C=O) groups is 2. The van der Waals surface area contributed by atoms with Crippen LogP contribution < -0.4 is 10.2 Å². The quantitative estimate of drug-likeness (QED) is 0.323. The number of nitrogens with zero attached hydrogens (tertiary/aromatic N) is 5. The first-order chi connectivity index (χ1) is 21.7. The highest BCUT2D eigenvalue weighted by molar-refractivity contribution is 9.10. The molecule has 3 atom stereocenters. The molecule has 2 amide bonds. The molecule has 5 heterocycles. The van der Waals surface area contributed by atoms with E-state index >= 15 is 0 Å². The highest BCUT2D eigenvalue weighted by atomic mass is 79.9. The number of rotatable bonds is 8. The molecule has 1 aromatic carbocycles. The summed E-state index contributed by atoms with van der Waals surface area (Å²) in [6.07, 6.45) is 2.66. The van der Waals surface area contributed by atoms with E-state index in [1.807, 2.05) is 12.1 Å². The van der Waals surface area contributed by atoms with Crippen LogP contribution in [0.4, 0.5) is 14.9 Å². The third kappa shape index (κ3) is 7.98. The van der Waals surface area contributed by atoms with Gasteiger partial charge in [-0.2, -0.15) is 0 Å². The van der Waals surface area contributed by atoms with Crippen molar-refractivity contribution in [3.05, 3.63) is 76.5 Å². The lowest BCUT2D eigenvalue weighted by Crippen LogP contribution is -2.33. The summed E-state index contributed by atoms with van der Waals surface area (Å²) in [5.41, 5.74) is 4.08. The van der Waals surface area contributed by atoms with Crippen LogP contribution in [0.15, 0.2) is 69.6 Å². The molecule has 1 fully saturated rings. The van der Waals surface area contributed by atoms with Crippen LogP contribution in [0.1, 0.15) is 31.2 Å². The van der Waals surface area contributed by atoms with Crippen molar-refractivity contribution in [2.24, 2.45) is 10.3 Å². The van der Waals surface area contributed by atoms with E-state index < -0.39 is 18.0 Å². The summed E-state index contributed by atoms with van der Waals surface area (Å²) in [5.74, 6) is -0.725. The minimum Gasteiger partial charge on any atom is -0.442 e. The molecule has 13 nitrogen and oxygen atoms in total. The van der Waals surface area contributed by atoms with Crippen molar-refractivity contribution in [1.82, 2.24) is 15.3 Å². The van der Waals surface area contributed by atoms with Crippen molar-refractivity contribution in [3.8, 4) is 11.1 Å². The summed E-state index contributed by atoms with van der Waals surface area (Å²) < 4.78 is 21.0. The van der Waals surface area contributed by atoms with Gasteiger partial charge in [-0.05, 0) is 52.3 Å². The molecule has 3 aromatic rings. The predicted octanol–water partition coefficient (Wildman–Crippen LogP) is 3.16. The zero-order valence-corrected chi connectivity index (χ0v) is 25.7. The van der Waals surface area contributed by atoms with Crippen LogP contribution in [0.5, 0.6) is 0 Å². The Bertz CT molecular complexity index is 1590. The molecule has 0 radical (unpaired) electrons. The molecular formula is C30H30BrFN6O7. The van der Waals surface area contributed by atoms with Gasteiger partial charge in [-0.15, -0.1) is 0 Å². The molecule has 236 valence electrons. The van der Waals surface area contributed by atoms with Gasteiger partial charge in [-0.1, -0.05) is 16.4 Å². The third-order valence-electron chi connectivity index (χ3n) is 6.98. The first-order valence-corrected chi connectivity index (χ1v) is 14.8. The first-order valence-electron chi connectivity index (χ1n) is 14.0. The van der Waals surface area contributed by atoms with Gasteiger partial charge < -0.3 is 29.9 Å². The number of hydrogen-bond acceptors (Lipinski definition) is 11. The minimum atomic E-state index is -0.589. The van der Waals surface area contributed by atoms with Gasteiger partial charge in [0.05, 0.1) is 43.4 Å². The number of carbonyl (C=O) groups excluding carboxylic acids is 2. The monoisotopic (exact) mass is 684 g/mol. The molecule has 3 aliphatic rings. The Morgan fingerprint density at radius 1 is 0.978 bits per heavy atom. The molecule has 6 rings (SSSR count). The second-order valence-corrected chi connectivity index (χ2v) is 11.2. The second-order valence-electron chi connectivity index (χ2n) is 10.3. The lowest BCUT2D eigenvalue weighted by Gasteiger charge is -2.14. The molecule has 3 N–H and O–H groups in total. The molecule has 0 unspecified atom stereocenters. The van der Waals surface area contributed by atoms with Crippen LogP contribution >= 0.6 is 15.9 Å². The summed E-state index contributed by atoms with van der Waals surface area (Å²) in [4.78, 5) is 43.1. The molecule has 15 heteroatoms. The number of cyclic esters (lactones) is 1. The number of benzene rings is 1. The number of pyridine rings is 2. The lowest BCUT2D eigenvalue weighted by atomic mass is 10.0. The molecule has 0 bridgehead atoms. The fourth-order valence-corrected chi connectivity index (χ4v) is 4.86. The number of ether oxygens (including phenoxy) is 1. The summed E-state index contributed by atoms with van der Waals surface area (Å²) >= 11 is 3.31. The van der Waals surface area contributed by atoms with Crippen molar-refractivity contribution in [3.63, 3.8) is 0 Å². The van der Waals surface area contributed by atoms with Gasteiger partial charge in [0.2, 0.25) is 5.91 Å². The van der Waals surface area contributed by atoms with Gasteiger partial charge in [-0.25, -0.2) is 9.18 Å². The summed E-state index contributed by atoms with van der Waals surface area (Å²) in [6.45, 7) is 1.66. The Morgan fingerprint density at radius 3 is 2.13 bits per heavy atom. The predicted molar refractivity (Wildman–Crippen MR) is 164 cm³/mol. The van der Waals surface area contributed by atoms with E-state index in [0.717, 1.165) is 15.9 Å².